The van der Waals surface area contributed by atoms with E-state index in [1.165, 1.54) is 0 Å². The van der Waals surface area contributed by atoms with Crippen LogP contribution < -0.4 is 5.73 Å². The molecular formula is C12H17NO. The van der Waals surface area contributed by atoms with Gasteiger partial charge in [0.2, 0.25) is 0 Å². The average molecular weight is 191 g/mol. The molecule has 0 saturated carbocycles. The van der Waals surface area contributed by atoms with Crippen LogP contribution in [0.1, 0.15) is 31.7 Å². The number of rotatable bonds is 5. The van der Waals surface area contributed by atoms with E-state index in [0.29, 0.717) is 12.8 Å². The molecule has 0 fully saturated rings. The number of Topliss-reactive ketones (excluding diaryl/α,β-unsaturated/α-hetero) is 1. The van der Waals surface area contributed by atoms with Gasteiger partial charge in [-0.05, 0) is 18.1 Å². The van der Waals surface area contributed by atoms with Gasteiger partial charge >= 0.3 is 0 Å². The maximum absolute atomic E-state index is 11.5. The summed E-state index contributed by atoms with van der Waals surface area (Å²) in [6, 6.07) is 7.55. The summed E-state index contributed by atoms with van der Waals surface area (Å²) >= 11 is 0. The number of para-hydroxylation sites is 1. The first-order valence-electron chi connectivity index (χ1n) is 5.09. The predicted molar refractivity (Wildman–Crippen MR) is 59.1 cm³/mol. The standard InChI is InChI=1S/C12H17NO/c1-2-3-7-11(14)9-10-6-4-5-8-12(10)13/h4-6,8H,2-3,7,9,13H2,1H3. The van der Waals surface area contributed by atoms with Crippen LogP contribution in [0.4, 0.5) is 5.69 Å². The Bertz CT molecular complexity index is 307. The largest absolute Gasteiger partial charge is 0.398 e. The van der Waals surface area contributed by atoms with E-state index in [4.69, 9.17) is 5.73 Å². The van der Waals surface area contributed by atoms with Gasteiger partial charge in [-0.1, -0.05) is 31.5 Å². The molecule has 0 amide bonds. The minimum absolute atomic E-state index is 0.282. The molecule has 0 unspecified atom stereocenters. The average Bonchev–Trinajstić information content (AvgIpc) is 2.18. The van der Waals surface area contributed by atoms with Gasteiger partial charge in [-0.15, -0.1) is 0 Å². The van der Waals surface area contributed by atoms with Crippen LogP contribution in [-0.2, 0) is 11.2 Å². The predicted octanol–water partition coefficient (Wildman–Crippen LogP) is 2.57. The lowest BCUT2D eigenvalue weighted by Gasteiger charge is -2.03. The molecule has 0 heterocycles. The van der Waals surface area contributed by atoms with E-state index in [1.807, 2.05) is 24.3 Å². The minimum Gasteiger partial charge on any atom is -0.398 e. The number of carbonyl (C=O) groups excluding carboxylic acids is 1. The van der Waals surface area contributed by atoms with E-state index < -0.39 is 0 Å². The molecule has 76 valence electrons. The number of hydrogen-bond donors (Lipinski definition) is 1. The molecule has 0 spiro atoms. The van der Waals surface area contributed by atoms with Gasteiger partial charge in [0, 0.05) is 18.5 Å². The molecule has 2 N–H and O–H groups in total. The molecule has 1 aromatic rings. The zero-order valence-electron chi connectivity index (χ0n) is 8.62. The Morgan fingerprint density at radius 1 is 1.36 bits per heavy atom. The minimum atomic E-state index is 0.282. The Hall–Kier alpha value is -1.31. The van der Waals surface area contributed by atoms with Crippen molar-refractivity contribution in [2.75, 3.05) is 5.73 Å². The quantitative estimate of drug-likeness (QED) is 0.727. The number of nitrogen functional groups attached to an aromatic ring is 1. The third-order valence-corrected chi connectivity index (χ3v) is 2.25. The molecule has 0 radical (unpaired) electrons. The lowest BCUT2D eigenvalue weighted by atomic mass is 10.0. The Morgan fingerprint density at radius 3 is 2.71 bits per heavy atom. The van der Waals surface area contributed by atoms with Crippen LogP contribution in [0.25, 0.3) is 0 Å². The molecular weight excluding hydrogens is 174 g/mol. The molecule has 0 atom stereocenters. The zero-order chi connectivity index (χ0) is 10.4. The van der Waals surface area contributed by atoms with E-state index in [2.05, 4.69) is 6.92 Å². The van der Waals surface area contributed by atoms with Crippen LogP contribution in [0.5, 0.6) is 0 Å². The van der Waals surface area contributed by atoms with Crippen LogP contribution >= 0.6 is 0 Å². The molecule has 1 rings (SSSR count). The first kappa shape index (κ1) is 10.8. The van der Waals surface area contributed by atoms with Gasteiger partial charge in [0.25, 0.3) is 0 Å². The number of unbranched alkanes of at least 4 members (excludes halogenated alkanes) is 1. The first-order valence-corrected chi connectivity index (χ1v) is 5.09. The van der Waals surface area contributed by atoms with Crippen molar-refractivity contribution in [2.24, 2.45) is 0 Å². The van der Waals surface area contributed by atoms with E-state index in [1.54, 1.807) is 0 Å². The molecule has 14 heavy (non-hydrogen) atoms. The summed E-state index contributed by atoms with van der Waals surface area (Å²) in [4.78, 5) is 11.5. The van der Waals surface area contributed by atoms with Crippen molar-refractivity contribution in [1.82, 2.24) is 0 Å². The maximum Gasteiger partial charge on any atom is 0.137 e. The lowest BCUT2D eigenvalue weighted by molar-refractivity contribution is -0.118. The second-order valence-corrected chi connectivity index (χ2v) is 3.52. The highest BCUT2D eigenvalue weighted by Gasteiger charge is 2.04. The number of ketones is 1. The number of nitrogens with two attached hydrogens (primary N) is 1. The van der Waals surface area contributed by atoms with Crippen molar-refractivity contribution in [1.29, 1.82) is 0 Å². The number of benzene rings is 1. The van der Waals surface area contributed by atoms with Gasteiger partial charge in [-0.3, -0.25) is 4.79 Å². The van der Waals surface area contributed by atoms with Crippen molar-refractivity contribution in [3.63, 3.8) is 0 Å². The summed E-state index contributed by atoms with van der Waals surface area (Å²) in [7, 11) is 0. The Morgan fingerprint density at radius 2 is 2.07 bits per heavy atom. The monoisotopic (exact) mass is 191 g/mol. The Kier molecular flexibility index (Phi) is 4.17. The highest BCUT2D eigenvalue weighted by Crippen LogP contribution is 2.12. The van der Waals surface area contributed by atoms with Crippen LogP contribution in [-0.4, -0.2) is 5.78 Å². The first-order chi connectivity index (χ1) is 6.74. The maximum atomic E-state index is 11.5. The number of hydrogen-bond acceptors (Lipinski definition) is 2. The summed E-state index contributed by atoms with van der Waals surface area (Å²) in [6.07, 6.45) is 3.19. The highest BCUT2D eigenvalue weighted by atomic mass is 16.1. The summed E-state index contributed by atoms with van der Waals surface area (Å²) in [5, 5.41) is 0. The Balaban J connectivity index is 2.52. The summed E-state index contributed by atoms with van der Waals surface area (Å²) in [5.74, 6) is 0.282. The van der Waals surface area contributed by atoms with Crippen molar-refractivity contribution in [2.45, 2.75) is 32.6 Å². The Labute approximate surface area is 85.1 Å². The zero-order valence-corrected chi connectivity index (χ0v) is 8.62. The van der Waals surface area contributed by atoms with E-state index in [9.17, 15) is 4.79 Å². The third kappa shape index (κ3) is 3.21. The van der Waals surface area contributed by atoms with Crippen molar-refractivity contribution in [3.05, 3.63) is 29.8 Å². The summed E-state index contributed by atoms with van der Waals surface area (Å²) < 4.78 is 0. The van der Waals surface area contributed by atoms with Gasteiger partial charge in [0.05, 0.1) is 0 Å². The molecule has 1 aromatic carbocycles. The normalized spacial score (nSPS) is 10.1. The smallest absolute Gasteiger partial charge is 0.137 e. The molecule has 2 nitrogen and oxygen atoms in total. The van der Waals surface area contributed by atoms with Gasteiger partial charge in [0.15, 0.2) is 0 Å². The van der Waals surface area contributed by atoms with Crippen LogP contribution in [0.2, 0.25) is 0 Å². The van der Waals surface area contributed by atoms with Gasteiger partial charge in [0.1, 0.15) is 5.78 Å². The second kappa shape index (κ2) is 5.43. The number of anilines is 1. The van der Waals surface area contributed by atoms with Gasteiger partial charge in [-0.25, -0.2) is 0 Å². The lowest BCUT2D eigenvalue weighted by Crippen LogP contribution is -2.04. The fourth-order valence-corrected chi connectivity index (χ4v) is 1.37. The number of carbonyl (C=O) groups is 1. The van der Waals surface area contributed by atoms with Crippen LogP contribution in [0, 0.1) is 0 Å². The topological polar surface area (TPSA) is 43.1 Å². The molecule has 2 heteroatoms. The fourth-order valence-electron chi connectivity index (χ4n) is 1.37. The van der Waals surface area contributed by atoms with Gasteiger partial charge in [-0.2, -0.15) is 0 Å². The molecule has 0 saturated heterocycles. The summed E-state index contributed by atoms with van der Waals surface area (Å²) in [6.45, 7) is 2.09. The van der Waals surface area contributed by atoms with Crippen LogP contribution in [0.15, 0.2) is 24.3 Å². The van der Waals surface area contributed by atoms with E-state index in [-0.39, 0.29) is 5.78 Å². The second-order valence-electron chi connectivity index (χ2n) is 3.52. The van der Waals surface area contributed by atoms with Crippen LogP contribution in [0.3, 0.4) is 0 Å². The van der Waals surface area contributed by atoms with Crippen molar-refractivity contribution < 1.29 is 4.79 Å². The van der Waals surface area contributed by atoms with E-state index >= 15 is 0 Å². The molecule has 0 bridgehead atoms. The summed E-state index contributed by atoms with van der Waals surface area (Å²) in [5.41, 5.74) is 7.42. The molecule has 0 aromatic heterocycles. The molecule has 0 aliphatic rings. The van der Waals surface area contributed by atoms with Crippen molar-refractivity contribution >= 4 is 11.5 Å². The third-order valence-electron chi connectivity index (χ3n) is 2.25. The highest BCUT2D eigenvalue weighted by molar-refractivity contribution is 5.82. The molecule has 0 aliphatic carbocycles. The van der Waals surface area contributed by atoms with E-state index in [0.717, 1.165) is 24.1 Å². The fraction of sp³-hybridized carbons (Fsp3) is 0.417. The molecule has 0 aliphatic heterocycles. The van der Waals surface area contributed by atoms with Crippen molar-refractivity contribution in [3.8, 4) is 0 Å². The van der Waals surface area contributed by atoms with Gasteiger partial charge < -0.3 is 5.73 Å². The SMILES string of the molecule is CCCCC(=O)Cc1ccccc1N.